The molecule has 2 N–H and O–H groups in total. The van der Waals surface area contributed by atoms with Crippen LogP contribution in [0.2, 0.25) is 0 Å². The normalized spacial score (nSPS) is 27.8. The summed E-state index contributed by atoms with van der Waals surface area (Å²) in [5.74, 6) is 2.36. The van der Waals surface area contributed by atoms with Crippen LogP contribution in [-0.4, -0.2) is 9.55 Å². The lowest BCUT2D eigenvalue weighted by Gasteiger charge is -2.26. The van der Waals surface area contributed by atoms with Gasteiger partial charge in [0.15, 0.2) is 0 Å². The molecule has 0 amide bonds. The second-order valence-electron chi connectivity index (χ2n) is 4.63. The van der Waals surface area contributed by atoms with Crippen molar-refractivity contribution >= 4 is 5.82 Å². The molecule has 0 saturated heterocycles. The van der Waals surface area contributed by atoms with E-state index in [-0.39, 0.29) is 0 Å². The molecule has 3 heteroatoms. The highest BCUT2D eigenvalue weighted by atomic mass is 15.1. The highest BCUT2D eigenvalue weighted by Gasteiger charge is 2.18. The number of imidazole rings is 1. The van der Waals surface area contributed by atoms with E-state index in [1.54, 1.807) is 0 Å². The molecule has 2 unspecified atom stereocenters. The van der Waals surface area contributed by atoms with E-state index in [9.17, 15) is 0 Å². The van der Waals surface area contributed by atoms with Crippen molar-refractivity contribution in [3.8, 4) is 0 Å². The molecular formula is C11H19N3. The summed E-state index contributed by atoms with van der Waals surface area (Å²) in [7, 11) is 0. The van der Waals surface area contributed by atoms with Crippen molar-refractivity contribution in [3.05, 3.63) is 12.5 Å². The van der Waals surface area contributed by atoms with Crippen LogP contribution in [0.5, 0.6) is 0 Å². The molecule has 1 aromatic rings. The second kappa shape index (κ2) is 4.03. The van der Waals surface area contributed by atoms with Crippen LogP contribution in [0.15, 0.2) is 12.5 Å². The smallest absolute Gasteiger partial charge is 0.141 e. The predicted octanol–water partition coefficient (Wildman–Crippen LogP) is 2.29. The quantitative estimate of drug-likeness (QED) is 0.783. The Kier molecular flexibility index (Phi) is 2.75. The molecule has 14 heavy (non-hydrogen) atoms. The molecule has 1 aliphatic rings. The summed E-state index contributed by atoms with van der Waals surface area (Å²) >= 11 is 0. The van der Waals surface area contributed by atoms with Crippen molar-refractivity contribution in [1.82, 2.24) is 9.55 Å². The summed E-state index contributed by atoms with van der Waals surface area (Å²) in [4.78, 5) is 4.04. The fraction of sp³-hybridized carbons (Fsp3) is 0.727. The third-order valence-electron chi connectivity index (χ3n) is 3.17. The second-order valence-corrected chi connectivity index (χ2v) is 4.63. The van der Waals surface area contributed by atoms with E-state index in [2.05, 4.69) is 16.5 Å². The Morgan fingerprint density at radius 1 is 1.57 bits per heavy atom. The van der Waals surface area contributed by atoms with Crippen molar-refractivity contribution in [2.75, 3.05) is 5.73 Å². The molecule has 0 spiro atoms. The highest BCUT2D eigenvalue weighted by molar-refractivity contribution is 5.22. The summed E-state index contributed by atoms with van der Waals surface area (Å²) in [6, 6.07) is 0. The monoisotopic (exact) mass is 193 g/mol. The molecule has 3 nitrogen and oxygen atoms in total. The first-order valence-electron chi connectivity index (χ1n) is 5.51. The maximum atomic E-state index is 5.58. The van der Waals surface area contributed by atoms with Crippen LogP contribution >= 0.6 is 0 Å². The van der Waals surface area contributed by atoms with Gasteiger partial charge in [0.2, 0.25) is 0 Å². The SMILES string of the molecule is CC1CCCC(Cn2cnc(N)c2)C1. The first-order valence-corrected chi connectivity index (χ1v) is 5.51. The zero-order chi connectivity index (χ0) is 9.97. The zero-order valence-electron chi connectivity index (χ0n) is 8.82. The van der Waals surface area contributed by atoms with E-state index in [1.165, 1.54) is 25.7 Å². The van der Waals surface area contributed by atoms with Gasteiger partial charge >= 0.3 is 0 Å². The molecule has 1 heterocycles. The lowest BCUT2D eigenvalue weighted by atomic mass is 9.82. The minimum atomic E-state index is 0.633. The number of rotatable bonds is 2. The molecule has 0 aromatic carbocycles. The van der Waals surface area contributed by atoms with Gasteiger partial charge in [-0.15, -0.1) is 0 Å². The van der Waals surface area contributed by atoms with E-state index < -0.39 is 0 Å². The minimum Gasteiger partial charge on any atom is -0.382 e. The molecule has 78 valence electrons. The van der Waals surface area contributed by atoms with Crippen molar-refractivity contribution in [2.24, 2.45) is 11.8 Å². The maximum Gasteiger partial charge on any atom is 0.141 e. The van der Waals surface area contributed by atoms with Crippen LogP contribution in [0.3, 0.4) is 0 Å². The molecule has 0 radical (unpaired) electrons. The third kappa shape index (κ3) is 2.28. The number of nitrogens with zero attached hydrogens (tertiary/aromatic N) is 2. The first-order chi connectivity index (χ1) is 6.74. The Bertz CT molecular complexity index is 292. The first kappa shape index (κ1) is 9.56. The van der Waals surface area contributed by atoms with E-state index in [0.29, 0.717) is 5.82 Å². The van der Waals surface area contributed by atoms with Crippen LogP contribution in [0, 0.1) is 11.8 Å². The third-order valence-corrected chi connectivity index (χ3v) is 3.17. The molecule has 0 aliphatic heterocycles. The number of nitrogens with two attached hydrogens (primary N) is 1. The van der Waals surface area contributed by atoms with Gasteiger partial charge in [0, 0.05) is 12.7 Å². The average Bonchev–Trinajstić information content (AvgIpc) is 2.51. The summed E-state index contributed by atoms with van der Waals surface area (Å²) < 4.78 is 2.12. The molecule has 2 atom stereocenters. The van der Waals surface area contributed by atoms with Gasteiger partial charge in [-0.2, -0.15) is 0 Å². The molecule has 1 fully saturated rings. The molecule has 2 rings (SSSR count). The predicted molar refractivity (Wildman–Crippen MR) is 57.8 cm³/mol. The topological polar surface area (TPSA) is 43.8 Å². The van der Waals surface area contributed by atoms with Gasteiger partial charge in [-0.1, -0.05) is 19.8 Å². The molecular weight excluding hydrogens is 174 g/mol. The van der Waals surface area contributed by atoms with Gasteiger partial charge in [0.25, 0.3) is 0 Å². The Labute approximate surface area is 85.3 Å². The molecule has 1 saturated carbocycles. The fourth-order valence-corrected chi connectivity index (χ4v) is 2.50. The molecule has 1 aliphatic carbocycles. The van der Waals surface area contributed by atoms with E-state index in [0.717, 1.165) is 18.4 Å². The molecule has 1 aromatic heterocycles. The van der Waals surface area contributed by atoms with E-state index >= 15 is 0 Å². The number of hydrogen-bond acceptors (Lipinski definition) is 2. The largest absolute Gasteiger partial charge is 0.382 e. The van der Waals surface area contributed by atoms with Crippen molar-refractivity contribution in [2.45, 2.75) is 39.2 Å². The summed E-state index contributed by atoms with van der Waals surface area (Å²) in [6.07, 6.45) is 9.28. The Morgan fingerprint density at radius 3 is 3.07 bits per heavy atom. The lowest BCUT2D eigenvalue weighted by molar-refractivity contribution is 0.257. The van der Waals surface area contributed by atoms with Crippen molar-refractivity contribution in [3.63, 3.8) is 0 Å². The summed E-state index contributed by atoms with van der Waals surface area (Å²) in [6.45, 7) is 3.45. The summed E-state index contributed by atoms with van der Waals surface area (Å²) in [5, 5.41) is 0. The van der Waals surface area contributed by atoms with Gasteiger partial charge in [0.05, 0.1) is 6.33 Å². The van der Waals surface area contributed by atoms with Gasteiger partial charge in [-0.05, 0) is 24.7 Å². The van der Waals surface area contributed by atoms with Gasteiger partial charge in [-0.3, -0.25) is 0 Å². The van der Waals surface area contributed by atoms with Crippen LogP contribution < -0.4 is 5.73 Å². The van der Waals surface area contributed by atoms with Crippen molar-refractivity contribution in [1.29, 1.82) is 0 Å². The Morgan fingerprint density at radius 2 is 2.43 bits per heavy atom. The van der Waals surface area contributed by atoms with Crippen LogP contribution in [0.1, 0.15) is 32.6 Å². The average molecular weight is 193 g/mol. The highest BCUT2D eigenvalue weighted by Crippen LogP contribution is 2.29. The molecule has 0 bridgehead atoms. The number of hydrogen-bond donors (Lipinski definition) is 1. The van der Waals surface area contributed by atoms with Crippen LogP contribution in [0.25, 0.3) is 0 Å². The standard InChI is InChI=1S/C11H19N3/c1-9-3-2-4-10(5-9)6-14-7-11(12)13-8-14/h7-10H,2-6,12H2,1H3. The van der Waals surface area contributed by atoms with Crippen LogP contribution in [-0.2, 0) is 6.54 Å². The van der Waals surface area contributed by atoms with Gasteiger partial charge in [-0.25, -0.2) is 4.98 Å². The minimum absolute atomic E-state index is 0.633. The van der Waals surface area contributed by atoms with Crippen molar-refractivity contribution < 1.29 is 0 Å². The number of aromatic nitrogens is 2. The zero-order valence-corrected chi connectivity index (χ0v) is 8.82. The lowest BCUT2D eigenvalue weighted by Crippen LogP contribution is -2.17. The van der Waals surface area contributed by atoms with E-state index in [4.69, 9.17) is 5.73 Å². The van der Waals surface area contributed by atoms with Crippen LogP contribution in [0.4, 0.5) is 5.82 Å². The Hall–Kier alpha value is -0.990. The maximum absolute atomic E-state index is 5.58. The van der Waals surface area contributed by atoms with Gasteiger partial charge < -0.3 is 10.3 Å². The van der Waals surface area contributed by atoms with Gasteiger partial charge in [0.1, 0.15) is 5.82 Å². The Balaban J connectivity index is 1.90. The number of anilines is 1. The number of nitrogen functional groups attached to an aromatic ring is 1. The van der Waals surface area contributed by atoms with E-state index in [1.807, 2.05) is 12.5 Å². The fourth-order valence-electron chi connectivity index (χ4n) is 2.50. The summed E-state index contributed by atoms with van der Waals surface area (Å²) in [5.41, 5.74) is 5.58.